The molecule has 0 aromatic carbocycles. The van der Waals surface area contributed by atoms with Crippen LogP contribution in [0.5, 0.6) is 0 Å². The van der Waals surface area contributed by atoms with Gasteiger partial charge in [-0.2, -0.15) is 0 Å². The van der Waals surface area contributed by atoms with Crippen LogP contribution < -0.4 is 10.2 Å². The zero-order valence-electron chi connectivity index (χ0n) is 12.8. The summed E-state index contributed by atoms with van der Waals surface area (Å²) in [7, 11) is 0. The lowest BCUT2D eigenvalue weighted by molar-refractivity contribution is 0.661. The number of anilines is 1. The van der Waals surface area contributed by atoms with Gasteiger partial charge in [-0.05, 0) is 32.0 Å². The molecule has 0 atom stereocenters. The first-order valence-electron chi connectivity index (χ1n) is 7.50. The van der Waals surface area contributed by atoms with Crippen LogP contribution in [-0.4, -0.2) is 28.0 Å². The van der Waals surface area contributed by atoms with Crippen molar-refractivity contribution in [1.82, 2.24) is 20.3 Å². The predicted molar refractivity (Wildman–Crippen MR) is 85.0 cm³/mol. The van der Waals surface area contributed by atoms with Crippen molar-refractivity contribution < 1.29 is 0 Å². The average Bonchev–Trinajstić information content (AvgIpc) is 2.55. The number of nitrogens with zero attached hydrogens (tertiary/aromatic N) is 4. The molecule has 0 saturated heterocycles. The van der Waals surface area contributed by atoms with Crippen LogP contribution in [0, 0.1) is 0 Å². The van der Waals surface area contributed by atoms with Crippen molar-refractivity contribution in [3.8, 4) is 0 Å². The van der Waals surface area contributed by atoms with Gasteiger partial charge in [-0.1, -0.05) is 13.0 Å². The molecule has 0 saturated carbocycles. The van der Waals surface area contributed by atoms with Gasteiger partial charge in [0.15, 0.2) is 0 Å². The molecule has 5 heteroatoms. The molecule has 0 aliphatic heterocycles. The zero-order valence-corrected chi connectivity index (χ0v) is 12.8. The molecule has 2 aromatic rings. The number of hydrogen-bond acceptors (Lipinski definition) is 5. The van der Waals surface area contributed by atoms with E-state index in [1.54, 1.807) is 0 Å². The Morgan fingerprint density at radius 2 is 1.95 bits per heavy atom. The van der Waals surface area contributed by atoms with E-state index >= 15 is 0 Å². The summed E-state index contributed by atoms with van der Waals surface area (Å²) >= 11 is 0. The molecule has 1 N–H and O–H groups in total. The minimum absolute atomic E-state index is 0.749. The number of rotatable bonds is 8. The quantitative estimate of drug-likeness (QED) is 0.755. The maximum Gasteiger partial charge on any atom is 0.147 e. The number of pyridine rings is 1. The summed E-state index contributed by atoms with van der Waals surface area (Å²) in [6, 6.07) is 5.96. The third kappa shape index (κ3) is 4.79. The topological polar surface area (TPSA) is 53.9 Å². The van der Waals surface area contributed by atoms with Gasteiger partial charge in [0.25, 0.3) is 0 Å². The van der Waals surface area contributed by atoms with Gasteiger partial charge in [-0.15, -0.1) is 0 Å². The van der Waals surface area contributed by atoms with E-state index in [1.807, 2.05) is 36.8 Å². The summed E-state index contributed by atoms with van der Waals surface area (Å²) < 4.78 is 0. The molecule has 5 nitrogen and oxygen atoms in total. The second-order valence-electron chi connectivity index (χ2n) is 4.88. The second-order valence-corrected chi connectivity index (χ2v) is 4.88. The zero-order chi connectivity index (χ0) is 14.9. The molecule has 0 radical (unpaired) electrons. The lowest BCUT2D eigenvalue weighted by Gasteiger charge is -2.21. The van der Waals surface area contributed by atoms with Gasteiger partial charge >= 0.3 is 0 Å². The molecule has 0 aliphatic rings. The van der Waals surface area contributed by atoms with E-state index in [4.69, 9.17) is 0 Å². The fraction of sp³-hybridized carbons (Fsp3) is 0.438. The van der Waals surface area contributed by atoms with Crippen molar-refractivity contribution >= 4 is 5.82 Å². The molecular formula is C16H23N5. The van der Waals surface area contributed by atoms with Gasteiger partial charge in [0.05, 0.1) is 30.3 Å². The predicted octanol–water partition coefficient (Wildman–Crippen LogP) is 2.40. The van der Waals surface area contributed by atoms with E-state index in [0.29, 0.717) is 0 Å². The molecule has 0 amide bonds. The fourth-order valence-corrected chi connectivity index (χ4v) is 2.04. The molecular weight excluding hydrogens is 262 g/mol. The highest BCUT2D eigenvalue weighted by atomic mass is 15.2. The van der Waals surface area contributed by atoms with Gasteiger partial charge in [-0.25, -0.2) is 4.98 Å². The number of aromatic nitrogens is 3. The van der Waals surface area contributed by atoms with E-state index in [0.717, 1.165) is 49.8 Å². The Morgan fingerprint density at radius 1 is 1.05 bits per heavy atom. The fourth-order valence-electron chi connectivity index (χ4n) is 2.04. The Kier molecular flexibility index (Phi) is 6.09. The maximum absolute atomic E-state index is 4.52. The second kappa shape index (κ2) is 8.32. The Labute approximate surface area is 126 Å². The standard InChI is InChI=1S/C16H23N5/c1-3-8-17-10-15-11-20-16(12-19-15)21(4-2)13-14-7-5-6-9-18-14/h5-7,9,11-12,17H,3-4,8,10,13H2,1-2H3. The Bertz CT molecular complexity index is 512. The minimum Gasteiger partial charge on any atom is -0.350 e. The highest BCUT2D eigenvalue weighted by Gasteiger charge is 2.08. The highest BCUT2D eigenvalue weighted by Crippen LogP contribution is 2.12. The molecule has 112 valence electrons. The lowest BCUT2D eigenvalue weighted by Crippen LogP contribution is -2.24. The van der Waals surface area contributed by atoms with Crippen molar-refractivity contribution in [3.05, 3.63) is 48.2 Å². The number of hydrogen-bond donors (Lipinski definition) is 1. The number of nitrogens with one attached hydrogen (secondary N) is 1. The van der Waals surface area contributed by atoms with E-state index in [9.17, 15) is 0 Å². The van der Waals surface area contributed by atoms with Crippen molar-refractivity contribution in [2.45, 2.75) is 33.4 Å². The molecule has 2 aromatic heterocycles. The molecule has 0 unspecified atom stereocenters. The summed E-state index contributed by atoms with van der Waals surface area (Å²) in [5.74, 6) is 0.891. The van der Waals surface area contributed by atoms with E-state index in [2.05, 4.69) is 39.0 Å². The minimum atomic E-state index is 0.749. The third-order valence-corrected chi connectivity index (χ3v) is 3.21. The summed E-state index contributed by atoms with van der Waals surface area (Å²) in [6.45, 7) is 7.66. The van der Waals surface area contributed by atoms with Crippen LogP contribution in [0.4, 0.5) is 5.82 Å². The van der Waals surface area contributed by atoms with Crippen molar-refractivity contribution in [2.75, 3.05) is 18.0 Å². The van der Waals surface area contributed by atoms with Gasteiger partial charge in [0, 0.05) is 19.3 Å². The Balaban J connectivity index is 1.98. The largest absolute Gasteiger partial charge is 0.350 e. The van der Waals surface area contributed by atoms with Crippen molar-refractivity contribution in [3.63, 3.8) is 0 Å². The van der Waals surface area contributed by atoms with Gasteiger partial charge in [0.1, 0.15) is 5.82 Å². The normalized spacial score (nSPS) is 10.6. The Hall–Kier alpha value is -2.01. The molecule has 2 rings (SSSR count). The molecule has 0 fully saturated rings. The first-order valence-corrected chi connectivity index (χ1v) is 7.50. The first kappa shape index (κ1) is 15.4. The van der Waals surface area contributed by atoms with Crippen molar-refractivity contribution in [2.24, 2.45) is 0 Å². The van der Waals surface area contributed by atoms with Gasteiger partial charge in [0.2, 0.25) is 0 Å². The summed E-state index contributed by atoms with van der Waals surface area (Å²) in [5.41, 5.74) is 2.01. The highest BCUT2D eigenvalue weighted by molar-refractivity contribution is 5.36. The molecule has 0 spiro atoms. The van der Waals surface area contributed by atoms with Crippen LogP contribution >= 0.6 is 0 Å². The smallest absolute Gasteiger partial charge is 0.147 e. The molecule has 0 aliphatic carbocycles. The van der Waals surface area contributed by atoms with Gasteiger partial charge in [-0.3, -0.25) is 9.97 Å². The van der Waals surface area contributed by atoms with Crippen LogP contribution in [0.2, 0.25) is 0 Å². The van der Waals surface area contributed by atoms with E-state index in [-0.39, 0.29) is 0 Å². The SMILES string of the molecule is CCCNCc1cnc(N(CC)Cc2ccccn2)cn1. The first-order chi connectivity index (χ1) is 10.3. The summed E-state index contributed by atoms with van der Waals surface area (Å²) in [6.07, 6.45) is 6.63. The molecule has 2 heterocycles. The maximum atomic E-state index is 4.52. The lowest BCUT2D eigenvalue weighted by atomic mass is 10.3. The van der Waals surface area contributed by atoms with Crippen molar-refractivity contribution in [1.29, 1.82) is 0 Å². The van der Waals surface area contributed by atoms with Gasteiger partial charge < -0.3 is 10.2 Å². The van der Waals surface area contributed by atoms with Crippen LogP contribution in [0.3, 0.4) is 0 Å². The molecule has 21 heavy (non-hydrogen) atoms. The summed E-state index contributed by atoms with van der Waals surface area (Å²) in [5, 5.41) is 3.33. The van der Waals surface area contributed by atoms with E-state index < -0.39 is 0 Å². The average molecular weight is 285 g/mol. The molecule has 0 bridgehead atoms. The third-order valence-electron chi connectivity index (χ3n) is 3.21. The monoisotopic (exact) mass is 285 g/mol. The van der Waals surface area contributed by atoms with Crippen LogP contribution in [0.1, 0.15) is 31.7 Å². The van der Waals surface area contributed by atoms with Crippen LogP contribution in [0.25, 0.3) is 0 Å². The van der Waals surface area contributed by atoms with E-state index in [1.165, 1.54) is 0 Å². The van der Waals surface area contributed by atoms with Crippen LogP contribution in [0.15, 0.2) is 36.8 Å². The van der Waals surface area contributed by atoms with Crippen LogP contribution in [-0.2, 0) is 13.1 Å². The Morgan fingerprint density at radius 3 is 2.57 bits per heavy atom. The summed E-state index contributed by atoms with van der Waals surface area (Å²) in [4.78, 5) is 15.5.